The Morgan fingerprint density at radius 1 is 1.37 bits per heavy atom. The van der Waals surface area contributed by atoms with Gasteiger partial charge < -0.3 is 20.0 Å². The molecule has 2 atom stereocenters. The maximum Gasteiger partial charge on any atom is 0.151 e. The first-order valence-electron chi connectivity index (χ1n) is 6.67. The van der Waals surface area contributed by atoms with E-state index >= 15 is 0 Å². The Hall–Kier alpha value is -1.24. The van der Waals surface area contributed by atoms with Gasteiger partial charge in [-0.25, -0.2) is 0 Å². The predicted octanol–water partition coefficient (Wildman–Crippen LogP) is -0.555. The van der Waals surface area contributed by atoms with Crippen molar-refractivity contribution in [3.63, 3.8) is 0 Å². The quantitative estimate of drug-likeness (QED) is 0.719. The lowest BCUT2D eigenvalue weighted by Gasteiger charge is -2.23. The predicted molar refractivity (Wildman–Crippen MR) is 72.9 cm³/mol. The summed E-state index contributed by atoms with van der Waals surface area (Å²) in [6.45, 7) is 3.59. The smallest absolute Gasteiger partial charge is 0.151 e. The highest BCUT2D eigenvalue weighted by Gasteiger charge is 2.33. The molecule has 6 heteroatoms. The highest BCUT2D eigenvalue weighted by Crippen LogP contribution is 2.27. The number of anilines is 1. The number of aliphatic hydroxyl groups is 2. The maximum absolute atomic E-state index is 9.51. The zero-order chi connectivity index (χ0) is 13.7. The van der Waals surface area contributed by atoms with Crippen molar-refractivity contribution < 1.29 is 10.2 Å². The number of nitrogens with zero attached hydrogens (tertiary/aromatic N) is 4. The van der Waals surface area contributed by atoms with Crippen LogP contribution in [0.25, 0.3) is 0 Å². The van der Waals surface area contributed by atoms with Crippen molar-refractivity contribution >= 4 is 5.82 Å². The largest absolute Gasteiger partial charge is 0.396 e. The molecule has 1 saturated heterocycles. The molecule has 2 unspecified atom stereocenters. The van der Waals surface area contributed by atoms with Gasteiger partial charge in [0.2, 0.25) is 0 Å². The normalized spacial score (nSPS) is 23.3. The molecule has 0 saturated carbocycles. The van der Waals surface area contributed by atoms with Crippen molar-refractivity contribution in [2.45, 2.75) is 0 Å². The van der Waals surface area contributed by atoms with E-state index in [0.717, 1.165) is 25.5 Å². The fourth-order valence-corrected chi connectivity index (χ4v) is 2.66. The van der Waals surface area contributed by atoms with Crippen molar-refractivity contribution in [2.24, 2.45) is 11.8 Å². The van der Waals surface area contributed by atoms with E-state index in [1.807, 2.05) is 19.2 Å². The van der Waals surface area contributed by atoms with Crippen molar-refractivity contribution in [3.8, 4) is 0 Å². The zero-order valence-corrected chi connectivity index (χ0v) is 11.3. The molecule has 1 aromatic rings. The fraction of sp³-hybridized carbons (Fsp3) is 0.692. The Morgan fingerprint density at radius 2 is 2.16 bits per heavy atom. The molecule has 0 aliphatic carbocycles. The van der Waals surface area contributed by atoms with Crippen LogP contribution < -0.4 is 4.90 Å². The third-order valence-electron chi connectivity index (χ3n) is 3.72. The van der Waals surface area contributed by atoms with Gasteiger partial charge in [-0.15, -0.1) is 5.10 Å². The van der Waals surface area contributed by atoms with E-state index in [1.54, 1.807) is 6.20 Å². The number of likely N-dealkylation sites (N-methyl/N-ethyl adjacent to an activating group) is 1. The Balaban J connectivity index is 1.97. The number of aliphatic hydroxyl groups excluding tert-OH is 2. The van der Waals surface area contributed by atoms with Crippen LogP contribution in [0.3, 0.4) is 0 Å². The molecule has 0 bridgehead atoms. The number of aromatic nitrogens is 2. The lowest BCUT2D eigenvalue weighted by molar-refractivity contribution is 0.160. The number of hydrogen-bond donors (Lipinski definition) is 2. The van der Waals surface area contributed by atoms with Gasteiger partial charge in [0, 0.05) is 44.9 Å². The van der Waals surface area contributed by atoms with Gasteiger partial charge in [-0.05, 0) is 25.1 Å². The third-order valence-corrected chi connectivity index (χ3v) is 3.72. The van der Waals surface area contributed by atoms with Gasteiger partial charge in [-0.1, -0.05) is 0 Å². The minimum Gasteiger partial charge on any atom is -0.396 e. The van der Waals surface area contributed by atoms with E-state index in [4.69, 9.17) is 5.11 Å². The molecule has 1 aromatic heterocycles. The van der Waals surface area contributed by atoms with Crippen LogP contribution in [0.15, 0.2) is 18.3 Å². The van der Waals surface area contributed by atoms with Crippen LogP contribution in [0.1, 0.15) is 0 Å². The molecule has 0 amide bonds. The average molecular weight is 266 g/mol. The summed E-state index contributed by atoms with van der Waals surface area (Å²) >= 11 is 0. The van der Waals surface area contributed by atoms with Crippen LogP contribution in [0.4, 0.5) is 5.82 Å². The van der Waals surface area contributed by atoms with Crippen LogP contribution >= 0.6 is 0 Å². The summed E-state index contributed by atoms with van der Waals surface area (Å²) in [5, 5.41) is 26.5. The van der Waals surface area contributed by atoms with E-state index in [-0.39, 0.29) is 19.1 Å². The van der Waals surface area contributed by atoms with Gasteiger partial charge in [0.15, 0.2) is 5.82 Å². The molecule has 0 radical (unpaired) electrons. The molecule has 19 heavy (non-hydrogen) atoms. The lowest BCUT2D eigenvalue weighted by atomic mass is 9.96. The van der Waals surface area contributed by atoms with Crippen LogP contribution in [0, 0.1) is 11.8 Å². The molecule has 1 aliphatic heterocycles. The highest BCUT2D eigenvalue weighted by molar-refractivity contribution is 5.38. The molecule has 0 spiro atoms. The van der Waals surface area contributed by atoms with Gasteiger partial charge >= 0.3 is 0 Å². The molecule has 1 fully saturated rings. The van der Waals surface area contributed by atoms with Crippen LogP contribution in [0.5, 0.6) is 0 Å². The van der Waals surface area contributed by atoms with Crippen molar-refractivity contribution in [1.82, 2.24) is 15.1 Å². The summed E-state index contributed by atoms with van der Waals surface area (Å²) < 4.78 is 0. The Labute approximate surface area is 113 Å². The second-order valence-corrected chi connectivity index (χ2v) is 5.18. The second-order valence-electron chi connectivity index (χ2n) is 5.18. The standard InChI is InChI=1S/C13H22N4O2/c1-16(5-6-18)7-11-8-17(9-12(11)10-19)13-3-2-4-14-15-13/h2-4,11-12,18-19H,5-10H2,1H3. The van der Waals surface area contributed by atoms with E-state index < -0.39 is 0 Å². The van der Waals surface area contributed by atoms with Gasteiger partial charge in [0.1, 0.15) is 0 Å². The van der Waals surface area contributed by atoms with E-state index in [1.165, 1.54) is 0 Å². The first kappa shape index (κ1) is 14.2. The molecular formula is C13H22N4O2. The fourth-order valence-electron chi connectivity index (χ4n) is 2.66. The Bertz CT molecular complexity index is 376. The van der Waals surface area contributed by atoms with Crippen LogP contribution in [-0.4, -0.2) is 71.8 Å². The molecule has 2 rings (SSSR count). The van der Waals surface area contributed by atoms with Crippen LogP contribution in [0.2, 0.25) is 0 Å². The summed E-state index contributed by atoms with van der Waals surface area (Å²) in [7, 11) is 2.00. The molecule has 6 nitrogen and oxygen atoms in total. The summed E-state index contributed by atoms with van der Waals surface area (Å²) in [6.07, 6.45) is 1.66. The van der Waals surface area contributed by atoms with Gasteiger partial charge in [0.05, 0.1) is 6.61 Å². The monoisotopic (exact) mass is 266 g/mol. The number of hydrogen-bond acceptors (Lipinski definition) is 6. The molecule has 106 valence electrons. The first-order chi connectivity index (χ1) is 9.24. The number of rotatable bonds is 6. The summed E-state index contributed by atoms with van der Waals surface area (Å²) in [4.78, 5) is 4.28. The van der Waals surface area contributed by atoms with Crippen molar-refractivity contribution in [3.05, 3.63) is 18.3 Å². The van der Waals surface area contributed by atoms with E-state index in [0.29, 0.717) is 12.5 Å². The summed E-state index contributed by atoms with van der Waals surface area (Å²) in [5.41, 5.74) is 0. The van der Waals surface area contributed by atoms with Crippen molar-refractivity contribution in [1.29, 1.82) is 0 Å². The summed E-state index contributed by atoms with van der Waals surface area (Å²) in [6, 6.07) is 3.82. The highest BCUT2D eigenvalue weighted by atomic mass is 16.3. The molecule has 0 aromatic carbocycles. The van der Waals surface area contributed by atoms with Gasteiger partial charge in [-0.2, -0.15) is 5.10 Å². The second kappa shape index (κ2) is 6.79. The Morgan fingerprint density at radius 3 is 2.79 bits per heavy atom. The average Bonchev–Trinajstić information content (AvgIpc) is 2.83. The van der Waals surface area contributed by atoms with Crippen molar-refractivity contribution in [2.75, 3.05) is 51.3 Å². The SMILES string of the molecule is CN(CCO)CC1CN(c2cccnn2)CC1CO. The molecule has 1 aliphatic rings. The third kappa shape index (κ3) is 3.62. The van der Waals surface area contributed by atoms with E-state index in [9.17, 15) is 5.11 Å². The van der Waals surface area contributed by atoms with Gasteiger partial charge in [0.25, 0.3) is 0 Å². The first-order valence-corrected chi connectivity index (χ1v) is 6.67. The topological polar surface area (TPSA) is 72.7 Å². The molecule has 2 N–H and O–H groups in total. The molecule has 2 heterocycles. The Kier molecular flexibility index (Phi) is 5.07. The maximum atomic E-state index is 9.51. The minimum absolute atomic E-state index is 0.168. The lowest BCUT2D eigenvalue weighted by Crippen LogP contribution is -2.33. The van der Waals surface area contributed by atoms with E-state index in [2.05, 4.69) is 20.0 Å². The zero-order valence-electron chi connectivity index (χ0n) is 11.3. The van der Waals surface area contributed by atoms with Crippen LogP contribution in [-0.2, 0) is 0 Å². The summed E-state index contributed by atoms with van der Waals surface area (Å²) in [5.74, 6) is 1.51. The molecular weight excluding hydrogens is 244 g/mol. The minimum atomic E-state index is 0.168. The van der Waals surface area contributed by atoms with Gasteiger partial charge in [-0.3, -0.25) is 0 Å².